The smallest absolute Gasteiger partial charge is 0.236 e. The molecule has 17 heavy (non-hydrogen) atoms. The molecule has 0 fully saturated rings. The minimum absolute atomic E-state index is 0.00426. The molecule has 1 amide bonds. The van der Waals surface area contributed by atoms with Crippen LogP contribution in [0.2, 0.25) is 0 Å². The molecule has 4 nitrogen and oxygen atoms in total. The third-order valence-electron chi connectivity index (χ3n) is 2.32. The van der Waals surface area contributed by atoms with Crippen LogP contribution in [0.5, 0.6) is 5.75 Å². The molecule has 0 bridgehead atoms. The van der Waals surface area contributed by atoms with Crippen molar-refractivity contribution in [2.24, 2.45) is 5.10 Å². The second-order valence-electron chi connectivity index (χ2n) is 4.95. The third kappa shape index (κ3) is 3.90. The molecular weight excluding hydrogens is 216 g/mol. The molecule has 0 aliphatic carbocycles. The number of hydrazone groups is 1. The van der Waals surface area contributed by atoms with Crippen LogP contribution in [0.15, 0.2) is 23.3 Å². The highest BCUT2D eigenvalue weighted by molar-refractivity contribution is 5.85. The van der Waals surface area contributed by atoms with E-state index < -0.39 is 0 Å². The van der Waals surface area contributed by atoms with E-state index in [1.54, 1.807) is 6.07 Å². The Morgan fingerprint density at radius 1 is 1.41 bits per heavy atom. The number of hydrogen-bond donors (Lipinski definition) is 2. The van der Waals surface area contributed by atoms with Gasteiger partial charge in [-0.15, -0.1) is 0 Å². The molecule has 1 rings (SSSR count). The summed E-state index contributed by atoms with van der Waals surface area (Å²) in [6.45, 7) is 7.65. The van der Waals surface area contributed by atoms with E-state index in [1.165, 1.54) is 13.1 Å². The summed E-state index contributed by atoms with van der Waals surface area (Å²) in [7, 11) is 0. The average molecular weight is 234 g/mol. The summed E-state index contributed by atoms with van der Waals surface area (Å²) in [6, 6.07) is 5.38. The van der Waals surface area contributed by atoms with Crippen LogP contribution < -0.4 is 5.43 Å². The van der Waals surface area contributed by atoms with Crippen LogP contribution >= 0.6 is 0 Å². The number of aromatic hydroxyl groups is 1. The highest BCUT2D eigenvalue weighted by Crippen LogP contribution is 2.26. The quantitative estimate of drug-likeness (QED) is 0.608. The Morgan fingerprint density at radius 2 is 2.06 bits per heavy atom. The summed E-state index contributed by atoms with van der Waals surface area (Å²) < 4.78 is 0. The Bertz CT molecular complexity index is 445. The number of carbonyl (C=O) groups is 1. The number of amides is 1. The summed E-state index contributed by atoms with van der Waals surface area (Å²) in [5.74, 6) is -0.0974. The lowest BCUT2D eigenvalue weighted by molar-refractivity contribution is -0.118. The van der Waals surface area contributed by atoms with Gasteiger partial charge in [0, 0.05) is 12.5 Å². The van der Waals surface area contributed by atoms with E-state index in [4.69, 9.17) is 0 Å². The van der Waals surface area contributed by atoms with E-state index >= 15 is 0 Å². The first kappa shape index (κ1) is 13.2. The molecule has 0 aliphatic heterocycles. The van der Waals surface area contributed by atoms with Crippen LogP contribution in [0.1, 0.15) is 38.8 Å². The number of rotatable bonds is 2. The maximum absolute atomic E-state index is 10.7. The highest BCUT2D eigenvalue weighted by atomic mass is 16.3. The number of benzene rings is 1. The highest BCUT2D eigenvalue weighted by Gasteiger charge is 2.14. The summed E-state index contributed by atoms with van der Waals surface area (Å²) in [4.78, 5) is 10.7. The minimum Gasteiger partial charge on any atom is -0.507 e. The van der Waals surface area contributed by atoms with Gasteiger partial charge in [0.1, 0.15) is 5.75 Å². The van der Waals surface area contributed by atoms with Crippen molar-refractivity contribution in [1.82, 2.24) is 5.43 Å². The Labute approximate surface area is 101 Å². The van der Waals surface area contributed by atoms with Crippen molar-refractivity contribution in [3.05, 3.63) is 29.3 Å². The van der Waals surface area contributed by atoms with E-state index in [0.717, 1.165) is 5.56 Å². The standard InChI is InChI=1S/C13H18N2O2/c1-9(16)15-14-8-10-7-11(13(2,3)4)5-6-12(10)17/h5-8,17H,1-4H3,(H,15,16)/b14-8+. The summed E-state index contributed by atoms with van der Waals surface area (Å²) in [5, 5.41) is 13.4. The number of phenolic OH excluding ortho intramolecular Hbond substituents is 1. The fourth-order valence-electron chi connectivity index (χ4n) is 1.32. The lowest BCUT2D eigenvalue weighted by atomic mass is 9.86. The maximum atomic E-state index is 10.7. The van der Waals surface area contributed by atoms with Crippen LogP contribution in [0.4, 0.5) is 0 Å². The second kappa shape index (κ2) is 4.99. The Morgan fingerprint density at radius 3 is 2.59 bits per heavy atom. The molecular formula is C13H18N2O2. The first-order valence-corrected chi connectivity index (χ1v) is 5.44. The Kier molecular flexibility index (Phi) is 3.89. The SMILES string of the molecule is CC(=O)N/N=C/c1cc(C(C)(C)C)ccc1O. The number of phenols is 1. The molecule has 0 aliphatic rings. The van der Waals surface area contributed by atoms with Gasteiger partial charge in [0.05, 0.1) is 6.21 Å². The van der Waals surface area contributed by atoms with Crippen molar-refractivity contribution in [3.8, 4) is 5.75 Å². The van der Waals surface area contributed by atoms with Crippen molar-refractivity contribution in [2.45, 2.75) is 33.1 Å². The van der Waals surface area contributed by atoms with Crippen LogP contribution in [0.25, 0.3) is 0 Å². The van der Waals surface area contributed by atoms with E-state index in [2.05, 4.69) is 31.3 Å². The van der Waals surface area contributed by atoms with Crippen LogP contribution in [0.3, 0.4) is 0 Å². The first-order chi connectivity index (χ1) is 7.80. The molecule has 0 radical (unpaired) electrons. The van der Waals surface area contributed by atoms with Crippen molar-refractivity contribution >= 4 is 12.1 Å². The molecule has 1 aromatic carbocycles. The van der Waals surface area contributed by atoms with Gasteiger partial charge in [-0.25, -0.2) is 5.43 Å². The molecule has 0 saturated carbocycles. The zero-order valence-electron chi connectivity index (χ0n) is 10.6. The normalized spacial score (nSPS) is 11.8. The largest absolute Gasteiger partial charge is 0.507 e. The maximum Gasteiger partial charge on any atom is 0.236 e. The topological polar surface area (TPSA) is 61.7 Å². The van der Waals surface area contributed by atoms with Gasteiger partial charge in [0.25, 0.3) is 0 Å². The number of carbonyl (C=O) groups excluding carboxylic acids is 1. The molecule has 0 spiro atoms. The predicted octanol–water partition coefficient (Wildman–Crippen LogP) is 2.16. The van der Waals surface area contributed by atoms with Crippen LogP contribution in [0, 0.1) is 0 Å². The molecule has 92 valence electrons. The van der Waals surface area contributed by atoms with Gasteiger partial charge in [0.15, 0.2) is 0 Å². The molecule has 0 saturated heterocycles. The van der Waals surface area contributed by atoms with Crippen molar-refractivity contribution < 1.29 is 9.90 Å². The minimum atomic E-state index is -0.243. The Hall–Kier alpha value is -1.84. The van der Waals surface area contributed by atoms with Gasteiger partial charge in [-0.05, 0) is 23.1 Å². The fraction of sp³-hybridized carbons (Fsp3) is 0.385. The third-order valence-corrected chi connectivity index (χ3v) is 2.32. The van der Waals surface area contributed by atoms with E-state index in [-0.39, 0.29) is 17.1 Å². The van der Waals surface area contributed by atoms with Gasteiger partial charge in [-0.1, -0.05) is 26.8 Å². The number of nitrogens with one attached hydrogen (secondary N) is 1. The molecule has 1 aromatic rings. The molecule has 4 heteroatoms. The zero-order valence-corrected chi connectivity index (χ0v) is 10.6. The Balaban J connectivity index is 2.99. The first-order valence-electron chi connectivity index (χ1n) is 5.44. The lowest BCUT2D eigenvalue weighted by Gasteiger charge is -2.19. The summed E-state index contributed by atoms with van der Waals surface area (Å²) in [5.41, 5.74) is 3.99. The molecule has 0 aromatic heterocycles. The van der Waals surface area contributed by atoms with Gasteiger partial charge < -0.3 is 5.11 Å². The summed E-state index contributed by atoms with van der Waals surface area (Å²) in [6.07, 6.45) is 1.44. The fourth-order valence-corrected chi connectivity index (χ4v) is 1.32. The summed E-state index contributed by atoms with van der Waals surface area (Å²) >= 11 is 0. The van der Waals surface area contributed by atoms with Crippen molar-refractivity contribution in [1.29, 1.82) is 0 Å². The molecule has 0 unspecified atom stereocenters. The van der Waals surface area contributed by atoms with Crippen molar-refractivity contribution in [3.63, 3.8) is 0 Å². The lowest BCUT2D eigenvalue weighted by Crippen LogP contribution is -2.13. The molecule has 2 N–H and O–H groups in total. The van der Waals surface area contributed by atoms with Gasteiger partial charge in [-0.3, -0.25) is 4.79 Å². The van der Waals surface area contributed by atoms with E-state index in [1.807, 2.05) is 12.1 Å². The average Bonchev–Trinajstić information content (AvgIpc) is 2.18. The van der Waals surface area contributed by atoms with E-state index in [9.17, 15) is 9.90 Å². The van der Waals surface area contributed by atoms with Gasteiger partial charge in [0.2, 0.25) is 5.91 Å². The number of hydrogen-bond acceptors (Lipinski definition) is 3. The predicted molar refractivity (Wildman–Crippen MR) is 68.2 cm³/mol. The van der Waals surface area contributed by atoms with Crippen LogP contribution in [-0.2, 0) is 10.2 Å². The molecule has 0 heterocycles. The zero-order chi connectivity index (χ0) is 13.1. The van der Waals surface area contributed by atoms with Gasteiger partial charge >= 0.3 is 0 Å². The van der Waals surface area contributed by atoms with Crippen molar-refractivity contribution in [2.75, 3.05) is 0 Å². The van der Waals surface area contributed by atoms with E-state index in [0.29, 0.717) is 5.56 Å². The monoisotopic (exact) mass is 234 g/mol. The second-order valence-corrected chi connectivity index (χ2v) is 4.95. The van der Waals surface area contributed by atoms with Crippen LogP contribution in [-0.4, -0.2) is 17.2 Å². The number of nitrogens with zero attached hydrogens (tertiary/aromatic N) is 1. The molecule has 0 atom stereocenters. The van der Waals surface area contributed by atoms with Gasteiger partial charge in [-0.2, -0.15) is 5.10 Å².